The highest BCUT2D eigenvalue weighted by atomic mass is 16.6. The van der Waals surface area contributed by atoms with Crippen molar-refractivity contribution in [2.45, 2.75) is 43.9 Å². The van der Waals surface area contributed by atoms with E-state index in [9.17, 15) is 5.21 Å². The summed E-state index contributed by atoms with van der Waals surface area (Å²) in [6.45, 7) is 0. The third-order valence-electron chi connectivity index (χ3n) is 5.04. The Hall–Kier alpha value is -1.91. The van der Waals surface area contributed by atoms with Crippen LogP contribution in [0.25, 0.3) is 0 Å². The van der Waals surface area contributed by atoms with E-state index in [-0.39, 0.29) is 22.8 Å². The average Bonchev–Trinajstić information content (AvgIpc) is 2.75. The summed E-state index contributed by atoms with van der Waals surface area (Å²) in [7, 11) is 0. The molecule has 2 fully saturated rings. The van der Waals surface area contributed by atoms with Gasteiger partial charge in [0.15, 0.2) is 0 Å². The molecule has 2 bridgehead atoms. The van der Waals surface area contributed by atoms with E-state index < -0.39 is 0 Å². The number of piperidine rings is 1. The molecule has 0 aliphatic carbocycles. The lowest BCUT2D eigenvalue weighted by Crippen LogP contribution is -2.59. The first kappa shape index (κ1) is 13.7. The Balaban J connectivity index is 1.55. The molecule has 4 atom stereocenters. The van der Waals surface area contributed by atoms with E-state index in [1.807, 2.05) is 48.5 Å². The number of quaternary nitrogens is 1. The van der Waals surface area contributed by atoms with Crippen molar-refractivity contribution in [3.63, 3.8) is 0 Å². The molecule has 1 unspecified atom stereocenters. The van der Waals surface area contributed by atoms with Gasteiger partial charge in [-0.15, -0.1) is 0 Å². The van der Waals surface area contributed by atoms with Gasteiger partial charge in [-0.25, -0.2) is 4.98 Å². The molecule has 0 N–H and O–H groups in total. The highest BCUT2D eigenvalue weighted by Crippen LogP contribution is 2.45. The van der Waals surface area contributed by atoms with Gasteiger partial charge in [-0.1, -0.05) is 24.3 Å². The summed E-state index contributed by atoms with van der Waals surface area (Å²) in [6.07, 6.45) is 5.43. The quantitative estimate of drug-likeness (QED) is 0.641. The lowest BCUT2D eigenvalue weighted by Gasteiger charge is -2.51. The number of benzene rings is 1. The first-order valence-electron chi connectivity index (χ1n) is 7.99. The maximum atomic E-state index is 13.5. The highest BCUT2D eigenvalue weighted by molar-refractivity contribution is 5.40. The number of pyridine rings is 1. The lowest BCUT2D eigenvalue weighted by molar-refractivity contribution is 0.0788. The van der Waals surface area contributed by atoms with Gasteiger partial charge in [-0.05, 0) is 18.2 Å². The lowest BCUT2D eigenvalue weighted by atomic mass is 9.98. The van der Waals surface area contributed by atoms with Crippen molar-refractivity contribution in [3.05, 3.63) is 59.9 Å². The molecule has 114 valence electrons. The summed E-state index contributed by atoms with van der Waals surface area (Å²) < 4.78 is 5.84. The van der Waals surface area contributed by atoms with Crippen molar-refractivity contribution in [2.75, 3.05) is 0 Å². The minimum atomic E-state index is -0.254. The number of aromatic nitrogens is 1. The zero-order valence-corrected chi connectivity index (χ0v) is 12.5. The summed E-state index contributed by atoms with van der Waals surface area (Å²) in [5, 5.41) is 13.5. The third kappa shape index (κ3) is 2.19. The van der Waals surface area contributed by atoms with Crippen molar-refractivity contribution < 1.29 is 4.74 Å². The Labute approximate surface area is 130 Å². The standard InChI is InChI=1S/C18H20N2O2/c21-20(18-8-4-5-11-19-18)14-9-10-15(20)13-17(12-14)22-16-6-2-1-3-7-16/h1-8,11,14-15,17H,9-10,12-13H2/t14-,15+,17+,20?. The smallest absolute Gasteiger partial charge is 0.227 e. The van der Waals surface area contributed by atoms with E-state index >= 15 is 0 Å². The molecule has 0 saturated carbocycles. The predicted molar refractivity (Wildman–Crippen MR) is 86.3 cm³/mol. The Morgan fingerprint density at radius 1 is 0.955 bits per heavy atom. The van der Waals surface area contributed by atoms with Gasteiger partial charge >= 0.3 is 0 Å². The molecule has 0 radical (unpaired) electrons. The molecule has 2 aliphatic heterocycles. The Morgan fingerprint density at radius 2 is 1.64 bits per heavy atom. The van der Waals surface area contributed by atoms with Crippen molar-refractivity contribution >= 4 is 5.82 Å². The van der Waals surface area contributed by atoms with E-state index in [2.05, 4.69) is 4.98 Å². The van der Waals surface area contributed by atoms with Crippen LogP contribution in [0.1, 0.15) is 25.7 Å². The van der Waals surface area contributed by atoms with Crippen LogP contribution in [0.5, 0.6) is 5.75 Å². The van der Waals surface area contributed by atoms with Gasteiger partial charge < -0.3 is 14.6 Å². The highest BCUT2D eigenvalue weighted by Gasteiger charge is 2.51. The number of ether oxygens (including phenoxy) is 1. The predicted octanol–water partition coefficient (Wildman–Crippen LogP) is 3.66. The molecular formula is C18H20N2O2. The topological polar surface area (TPSA) is 45.2 Å². The second kappa shape index (κ2) is 5.38. The molecular weight excluding hydrogens is 276 g/mol. The summed E-state index contributed by atoms with van der Waals surface area (Å²) in [5.74, 6) is 1.56. The van der Waals surface area contributed by atoms with Gasteiger partial charge in [0, 0.05) is 37.9 Å². The molecule has 0 amide bonds. The van der Waals surface area contributed by atoms with E-state index in [0.717, 1.165) is 31.4 Å². The van der Waals surface area contributed by atoms with Gasteiger partial charge in [0.25, 0.3) is 0 Å². The van der Waals surface area contributed by atoms with E-state index in [0.29, 0.717) is 5.82 Å². The van der Waals surface area contributed by atoms with Crippen LogP contribution in [-0.4, -0.2) is 23.2 Å². The van der Waals surface area contributed by atoms with Crippen LogP contribution in [0.3, 0.4) is 0 Å². The summed E-state index contributed by atoms with van der Waals surface area (Å²) in [6, 6.07) is 15.7. The van der Waals surface area contributed by atoms with Crippen LogP contribution in [0, 0.1) is 5.21 Å². The zero-order chi connectivity index (χ0) is 15.0. The maximum absolute atomic E-state index is 13.5. The van der Waals surface area contributed by atoms with Crippen LogP contribution in [0.2, 0.25) is 0 Å². The number of hydroxylamine groups is 2. The van der Waals surface area contributed by atoms with Crippen LogP contribution < -0.4 is 9.38 Å². The molecule has 2 saturated heterocycles. The minimum Gasteiger partial charge on any atom is -0.626 e. The van der Waals surface area contributed by atoms with Crippen molar-refractivity contribution in [2.24, 2.45) is 0 Å². The summed E-state index contributed by atoms with van der Waals surface area (Å²) in [4.78, 5) is 4.34. The second-order valence-corrected chi connectivity index (χ2v) is 6.31. The van der Waals surface area contributed by atoms with Gasteiger partial charge in [-0.3, -0.25) is 0 Å². The molecule has 2 aliphatic rings. The molecule has 3 heterocycles. The zero-order valence-electron chi connectivity index (χ0n) is 12.5. The largest absolute Gasteiger partial charge is 0.626 e. The van der Waals surface area contributed by atoms with Gasteiger partial charge in [0.05, 0.1) is 12.1 Å². The summed E-state index contributed by atoms with van der Waals surface area (Å²) in [5.41, 5.74) is 0. The van der Waals surface area contributed by atoms with Crippen LogP contribution in [-0.2, 0) is 0 Å². The number of para-hydroxylation sites is 1. The summed E-state index contributed by atoms with van der Waals surface area (Å²) >= 11 is 0. The van der Waals surface area contributed by atoms with Crippen LogP contribution in [0.15, 0.2) is 54.7 Å². The molecule has 4 heteroatoms. The van der Waals surface area contributed by atoms with E-state index in [1.54, 1.807) is 6.20 Å². The Bertz CT molecular complexity index is 618. The Morgan fingerprint density at radius 3 is 2.27 bits per heavy atom. The SMILES string of the molecule is [O-][N+]1(c2ccccn2)[C@@H]2CC[C@H]1C[C@@H](Oc1ccccc1)C2. The maximum Gasteiger partial charge on any atom is 0.227 e. The molecule has 1 aromatic carbocycles. The van der Waals surface area contributed by atoms with E-state index in [4.69, 9.17) is 4.74 Å². The fraction of sp³-hybridized carbons (Fsp3) is 0.389. The number of fused-ring (bicyclic) bond motifs is 2. The molecule has 0 spiro atoms. The van der Waals surface area contributed by atoms with Gasteiger partial charge in [-0.2, -0.15) is 0 Å². The van der Waals surface area contributed by atoms with Crippen molar-refractivity contribution in [1.29, 1.82) is 0 Å². The normalized spacial score (nSPS) is 33.6. The minimum absolute atomic E-state index is 0.0716. The van der Waals surface area contributed by atoms with Crippen LogP contribution in [0.4, 0.5) is 5.82 Å². The average molecular weight is 296 g/mol. The fourth-order valence-electron chi connectivity index (χ4n) is 4.04. The van der Waals surface area contributed by atoms with Gasteiger partial charge in [0.2, 0.25) is 5.82 Å². The fourth-order valence-corrected chi connectivity index (χ4v) is 4.04. The molecule has 4 nitrogen and oxygen atoms in total. The van der Waals surface area contributed by atoms with E-state index in [1.165, 1.54) is 0 Å². The number of rotatable bonds is 3. The van der Waals surface area contributed by atoms with Crippen LogP contribution >= 0.6 is 0 Å². The number of nitrogens with zero attached hydrogens (tertiary/aromatic N) is 2. The Kier molecular flexibility index (Phi) is 3.36. The second-order valence-electron chi connectivity index (χ2n) is 6.31. The number of hydrogen-bond acceptors (Lipinski definition) is 3. The molecule has 1 aromatic heterocycles. The number of hydrogen-bond donors (Lipinski definition) is 0. The first-order valence-corrected chi connectivity index (χ1v) is 7.99. The third-order valence-corrected chi connectivity index (χ3v) is 5.04. The monoisotopic (exact) mass is 296 g/mol. The van der Waals surface area contributed by atoms with Crippen molar-refractivity contribution in [1.82, 2.24) is 9.63 Å². The van der Waals surface area contributed by atoms with Gasteiger partial charge in [0.1, 0.15) is 11.9 Å². The molecule has 4 rings (SSSR count). The van der Waals surface area contributed by atoms with Crippen molar-refractivity contribution in [3.8, 4) is 5.75 Å². The first-order chi connectivity index (χ1) is 10.8. The molecule has 2 aromatic rings. The molecule has 22 heavy (non-hydrogen) atoms.